The number of carbonyl (C=O) groups excluding carboxylic acids is 2. The van der Waals surface area contributed by atoms with Gasteiger partial charge in [-0.1, -0.05) is 48.7 Å². The summed E-state index contributed by atoms with van der Waals surface area (Å²) in [5.41, 5.74) is 1.77. The zero-order chi connectivity index (χ0) is 20.8. The van der Waals surface area contributed by atoms with E-state index < -0.39 is 6.04 Å². The van der Waals surface area contributed by atoms with Crippen molar-refractivity contribution in [1.82, 2.24) is 10.2 Å². The average molecular weight is 433 g/mol. The van der Waals surface area contributed by atoms with Crippen molar-refractivity contribution in [3.8, 4) is 0 Å². The summed E-state index contributed by atoms with van der Waals surface area (Å²) in [4.78, 5) is 27.5. The van der Waals surface area contributed by atoms with E-state index in [1.807, 2.05) is 24.0 Å². The van der Waals surface area contributed by atoms with Crippen molar-refractivity contribution in [2.75, 3.05) is 13.1 Å². The molecule has 1 unspecified atom stereocenters. The molecule has 154 valence electrons. The average Bonchev–Trinajstić information content (AvgIpc) is 2.74. The molecule has 2 amide bonds. The molecule has 2 aromatic carbocycles. The van der Waals surface area contributed by atoms with Gasteiger partial charge in [0.25, 0.3) is 5.91 Å². The van der Waals surface area contributed by atoms with E-state index in [1.54, 1.807) is 24.3 Å². The van der Waals surface area contributed by atoms with Gasteiger partial charge < -0.3 is 10.2 Å². The molecule has 1 fully saturated rings. The number of benzene rings is 2. The third-order valence-electron chi connectivity index (χ3n) is 5.44. The Hall–Kier alpha value is -2.04. The zero-order valence-electron chi connectivity index (χ0n) is 16.5. The maximum absolute atomic E-state index is 13.1. The van der Waals surface area contributed by atoms with Crippen molar-refractivity contribution in [3.63, 3.8) is 0 Å². The molecule has 1 N–H and O–H groups in total. The highest BCUT2D eigenvalue weighted by Gasteiger charge is 2.29. The second kappa shape index (κ2) is 10.1. The summed E-state index contributed by atoms with van der Waals surface area (Å²) in [6.45, 7) is 3.41. The van der Waals surface area contributed by atoms with E-state index in [4.69, 9.17) is 23.2 Å². The number of hydrogen-bond acceptors (Lipinski definition) is 2. The number of likely N-dealkylation sites (tertiary alicyclic amines) is 1. The van der Waals surface area contributed by atoms with E-state index >= 15 is 0 Å². The highest BCUT2D eigenvalue weighted by atomic mass is 35.5. The molecule has 0 aromatic heterocycles. The van der Waals surface area contributed by atoms with Gasteiger partial charge in [0.2, 0.25) is 5.91 Å². The van der Waals surface area contributed by atoms with Crippen LogP contribution in [-0.2, 0) is 4.79 Å². The largest absolute Gasteiger partial charge is 0.341 e. The van der Waals surface area contributed by atoms with Crippen LogP contribution in [0.3, 0.4) is 0 Å². The second-order valence-corrected chi connectivity index (χ2v) is 8.35. The minimum absolute atomic E-state index is 0.00344. The number of rotatable bonds is 6. The van der Waals surface area contributed by atoms with Gasteiger partial charge in [-0.25, -0.2) is 0 Å². The minimum atomic E-state index is -0.504. The van der Waals surface area contributed by atoms with Crippen molar-refractivity contribution in [1.29, 1.82) is 0 Å². The summed E-state index contributed by atoms with van der Waals surface area (Å²) in [5, 5.41) is 4.22. The lowest BCUT2D eigenvalue weighted by Crippen LogP contribution is -2.50. The first-order valence-electron chi connectivity index (χ1n) is 10.1. The van der Waals surface area contributed by atoms with Gasteiger partial charge >= 0.3 is 0 Å². The van der Waals surface area contributed by atoms with E-state index in [0.29, 0.717) is 36.0 Å². The number of carbonyl (C=O) groups is 2. The Kier molecular flexibility index (Phi) is 7.57. The first kappa shape index (κ1) is 21.7. The molecule has 6 heteroatoms. The predicted octanol–water partition coefficient (Wildman–Crippen LogP) is 5.30. The van der Waals surface area contributed by atoms with Gasteiger partial charge in [-0.2, -0.15) is 0 Å². The summed E-state index contributed by atoms with van der Waals surface area (Å²) < 4.78 is 0. The lowest BCUT2D eigenvalue weighted by atomic mass is 9.89. The molecule has 29 heavy (non-hydrogen) atoms. The monoisotopic (exact) mass is 432 g/mol. The van der Waals surface area contributed by atoms with Crippen LogP contribution in [0.15, 0.2) is 48.5 Å². The molecule has 3 rings (SSSR count). The van der Waals surface area contributed by atoms with E-state index in [9.17, 15) is 9.59 Å². The van der Waals surface area contributed by atoms with Crippen LogP contribution >= 0.6 is 23.2 Å². The molecule has 1 aliphatic rings. The lowest BCUT2D eigenvalue weighted by molar-refractivity contribution is -0.134. The standard InChI is InChI=1S/C23H26Cl2N2O2/c1-2-3-21(26-22(28)18-6-10-20(25)11-7-18)23(29)27-14-12-17(13-15-27)16-4-8-19(24)9-5-16/h4-11,17,21H,2-3,12-15H2,1H3,(H,26,28). The Balaban J connectivity index is 1.60. The minimum Gasteiger partial charge on any atom is -0.341 e. The maximum Gasteiger partial charge on any atom is 0.251 e. The van der Waals surface area contributed by atoms with Crippen molar-refractivity contribution in [3.05, 3.63) is 69.7 Å². The van der Waals surface area contributed by atoms with Crippen LogP contribution in [0.2, 0.25) is 10.0 Å². The maximum atomic E-state index is 13.1. The molecule has 2 aromatic rings. The second-order valence-electron chi connectivity index (χ2n) is 7.47. The van der Waals surface area contributed by atoms with Crippen LogP contribution in [0.25, 0.3) is 0 Å². The Labute approximate surface area is 182 Å². The number of hydrogen-bond donors (Lipinski definition) is 1. The number of piperidine rings is 1. The molecular formula is C23H26Cl2N2O2. The SMILES string of the molecule is CCCC(NC(=O)c1ccc(Cl)cc1)C(=O)N1CCC(c2ccc(Cl)cc2)CC1. The van der Waals surface area contributed by atoms with Gasteiger partial charge in [0, 0.05) is 28.7 Å². The third kappa shape index (κ3) is 5.74. The molecule has 4 nitrogen and oxygen atoms in total. The van der Waals surface area contributed by atoms with Gasteiger partial charge in [0.1, 0.15) is 6.04 Å². The van der Waals surface area contributed by atoms with Crippen molar-refractivity contribution < 1.29 is 9.59 Å². The molecule has 0 aliphatic carbocycles. The molecule has 1 saturated heterocycles. The smallest absolute Gasteiger partial charge is 0.251 e. The molecule has 0 spiro atoms. The van der Waals surface area contributed by atoms with Crippen molar-refractivity contribution in [2.24, 2.45) is 0 Å². The highest BCUT2D eigenvalue weighted by molar-refractivity contribution is 6.30. The van der Waals surface area contributed by atoms with E-state index in [2.05, 4.69) is 17.4 Å². The first-order chi connectivity index (χ1) is 14.0. The molecular weight excluding hydrogens is 407 g/mol. The normalized spacial score (nSPS) is 15.8. The third-order valence-corrected chi connectivity index (χ3v) is 5.94. The number of amides is 2. The van der Waals surface area contributed by atoms with Gasteiger partial charge in [-0.3, -0.25) is 9.59 Å². The van der Waals surface area contributed by atoms with Crippen LogP contribution < -0.4 is 5.32 Å². The fraction of sp³-hybridized carbons (Fsp3) is 0.391. The van der Waals surface area contributed by atoms with Gasteiger partial charge in [-0.05, 0) is 67.1 Å². The van der Waals surface area contributed by atoms with Crippen LogP contribution in [-0.4, -0.2) is 35.8 Å². The van der Waals surface area contributed by atoms with Crippen LogP contribution in [0.4, 0.5) is 0 Å². The summed E-state index contributed by atoms with van der Waals surface area (Å²) in [6, 6.07) is 14.1. The van der Waals surface area contributed by atoms with Crippen molar-refractivity contribution >= 4 is 35.0 Å². The Bertz CT molecular complexity index is 829. The van der Waals surface area contributed by atoms with Crippen LogP contribution in [0.1, 0.15) is 54.4 Å². The Morgan fingerprint density at radius 3 is 2.10 bits per heavy atom. The fourth-order valence-corrected chi connectivity index (χ4v) is 4.03. The Morgan fingerprint density at radius 1 is 1.00 bits per heavy atom. The van der Waals surface area contributed by atoms with Crippen LogP contribution in [0.5, 0.6) is 0 Å². The topological polar surface area (TPSA) is 49.4 Å². The van der Waals surface area contributed by atoms with Crippen LogP contribution in [0, 0.1) is 0 Å². The highest BCUT2D eigenvalue weighted by Crippen LogP contribution is 2.29. The summed E-state index contributed by atoms with van der Waals surface area (Å²) in [5.74, 6) is 0.192. The van der Waals surface area contributed by atoms with Gasteiger partial charge in [0.05, 0.1) is 0 Å². The molecule has 0 saturated carbocycles. The Morgan fingerprint density at radius 2 is 1.55 bits per heavy atom. The predicted molar refractivity (Wildman–Crippen MR) is 118 cm³/mol. The number of halogens is 2. The summed E-state index contributed by atoms with van der Waals surface area (Å²) >= 11 is 11.9. The zero-order valence-corrected chi connectivity index (χ0v) is 18.0. The molecule has 0 bridgehead atoms. The quantitative estimate of drug-likeness (QED) is 0.672. The van der Waals surface area contributed by atoms with E-state index in [0.717, 1.165) is 24.3 Å². The van der Waals surface area contributed by atoms with Gasteiger partial charge in [0.15, 0.2) is 0 Å². The lowest BCUT2D eigenvalue weighted by Gasteiger charge is -2.34. The molecule has 1 aliphatic heterocycles. The molecule has 1 atom stereocenters. The van der Waals surface area contributed by atoms with E-state index in [-0.39, 0.29) is 11.8 Å². The molecule has 0 radical (unpaired) electrons. The first-order valence-corrected chi connectivity index (χ1v) is 10.8. The molecule has 1 heterocycles. The number of nitrogens with one attached hydrogen (secondary N) is 1. The summed E-state index contributed by atoms with van der Waals surface area (Å²) in [7, 11) is 0. The fourth-order valence-electron chi connectivity index (χ4n) is 3.78. The van der Waals surface area contributed by atoms with Gasteiger partial charge in [-0.15, -0.1) is 0 Å². The van der Waals surface area contributed by atoms with Crippen molar-refractivity contribution in [2.45, 2.75) is 44.6 Å². The summed E-state index contributed by atoms with van der Waals surface area (Å²) in [6.07, 6.45) is 3.27. The number of nitrogens with zero attached hydrogens (tertiary/aromatic N) is 1. The van der Waals surface area contributed by atoms with E-state index in [1.165, 1.54) is 5.56 Å².